The van der Waals surface area contributed by atoms with Crippen molar-refractivity contribution in [3.8, 4) is 5.75 Å². The van der Waals surface area contributed by atoms with Crippen molar-refractivity contribution in [1.82, 2.24) is 10.6 Å². The molecule has 0 aromatic heterocycles. The van der Waals surface area contributed by atoms with E-state index in [4.69, 9.17) is 16.3 Å². The monoisotopic (exact) mass is 342 g/mol. The highest BCUT2D eigenvalue weighted by molar-refractivity contribution is 6.32. The fourth-order valence-electron chi connectivity index (χ4n) is 2.63. The van der Waals surface area contributed by atoms with Crippen LogP contribution >= 0.6 is 11.6 Å². The van der Waals surface area contributed by atoms with E-state index in [1.807, 2.05) is 0 Å². The first-order chi connectivity index (χ1) is 11.0. The SMILES string of the molecule is CC1CCCCC1NC(=O)NC(=O)COc1ccc(F)cc1Cl. The van der Waals surface area contributed by atoms with Crippen LogP contribution in [0.2, 0.25) is 5.02 Å². The first-order valence-electron chi connectivity index (χ1n) is 7.64. The largest absolute Gasteiger partial charge is 0.482 e. The molecular formula is C16H20ClFN2O3. The topological polar surface area (TPSA) is 67.4 Å². The minimum atomic E-state index is -0.591. The number of halogens is 2. The highest BCUT2D eigenvalue weighted by Crippen LogP contribution is 2.25. The number of carbonyl (C=O) groups is 2. The summed E-state index contributed by atoms with van der Waals surface area (Å²) in [6.07, 6.45) is 4.25. The van der Waals surface area contributed by atoms with Gasteiger partial charge in [-0.15, -0.1) is 0 Å². The first kappa shape index (κ1) is 17.5. The van der Waals surface area contributed by atoms with Gasteiger partial charge in [0.15, 0.2) is 6.61 Å². The molecule has 7 heteroatoms. The molecule has 3 amide bonds. The van der Waals surface area contributed by atoms with Gasteiger partial charge in [0.25, 0.3) is 5.91 Å². The van der Waals surface area contributed by atoms with E-state index >= 15 is 0 Å². The molecule has 1 saturated carbocycles. The smallest absolute Gasteiger partial charge is 0.321 e. The Bertz CT molecular complexity index is 582. The minimum Gasteiger partial charge on any atom is -0.482 e. The van der Waals surface area contributed by atoms with Gasteiger partial charge in [0.2, 0.25) is 0 Å². The maximum atomic E-state index is 12.9. The van der Waals surface area contributed by atoms with Gasteiger partial charge < -0.3 is 10.1 Å². The number of benzene rings is 1. The van der Waals surface area contributed by atoms with Gasteiger partial charge >= 0.3 is 6.03 Å². The lowest BCUT2D eigenvalue weighted by molar-refractivity contribution is -0.122. The lowest BCUT2D eigenvalue weighted by Crippen LogP contribution is -2.48. The Labute approximate surface area is 139 Å². The second-order valence-electron chi connectivity index (χ2n) is 5.75. The van der Waals surface area contributed by atoms with E-state index in [1.54, 1.807) is 0 Å². The molecule has 0 spiro atoms. The summed E-state index contributed by atoms with van der Waals surface area (Å²) in [6, 6.07) is 3.16. The molecule has 0 saturated heterocycles. The number of hydrogen-bond acceptors (Lipinski definition) is 3. The minimum absolute atomic E-state index is 0.0679. The Morgan fingerprint density at radius 3 is 2.78 bits per heavy atom. The van der Waals surface area contributed by atoms with Crippen LogP contribution in [0.25, 0.3) is 0 Å². The molecule has 0 aliphatic heterocycles. The van der Waals surface area contributed by atoms with Crippen LogP contribution in [0.1, 0.15) is 32.6 Å². The standard InChI is InChI=1S/C16H20ClFN2O3/c1-10-4-2-3-5-13(10)19-16(22)20-15(21)9-23-14-7-6-11(18)8-12(14)17/h6-8,10,13H,2-5,9H2,1H3,(H2,19,20,21,22). The molecule has 2 rings (SSSR count). The number of urea groups is 1. The van der Waals surface area contributed by atoms with E-state index in [9.17, 15) is 14.0 Å². The van der Waals surface area contributed by atoms with Crippen LogP contribution in [-0.4, -0.2) is 24.6 Å². The van der Waals surface area contributed by atoms with Gasteiger partial charge in [-0.3, -0.25) is 10.1 Å². The number of amides is 3. The van der Waals surface area contributed by atoms with Crippen LogP contribution in [0.5, 0.6) is 5.75 Å². The Balaban J connectivity index is 1.76. The summed E-state index contributed by atoms with van der Waals surface area (Å²) in [4.78, 5) is 23.5. The summed E-state index contributed by atoms with van der Waals surface area (Å²) in [6.45, 7) is 1.71. The zero-order chi connectivity index (χ0) is 16.8. The second kappa shape index (κ2) is 8.15. The van der Waals surface area contributed by atoms with Crippen molar-refractivity contribution < 1.29 is 18.7 Å². The maximum absolute atomic E-state index is 12.9. The molecule has 0 heterocycles. The molecule has 1 aromatic carbocycles. The van der Waals surface area contributed by atoms with Gasteiger partial charge in [-0.1, -0.05) is 31.4 Å². The Kier molecular flexibility index (Phi) is 6.21. The van der Waals surface area contributed by atoms with Crippen molar-refractivity contribution in [3.05, 3.63) is 29.0 Å². The molecule has 1 fully saturated rings. The van der Waals surface area contributed by atoms with E-state index in [-0.39, 0.29) is 23.4 Å². The second-order valence-corrected chi connectivity index (χ2v) is 6.16. The van der Waals surface area contributed by atoms with Crippen molar-refractivity contribution in [2.75, 3.05) is 6.61 Å². The average molecular weight is 343 g/mol. The molecule has 126 valence electrons. The Morgan fingerprint density at radius 2 is 2.09 bits per heavy atom. The van der Waals surface area contributed by atoms with Crippen LogP contribution in [0.15, 0.2) is 18.2 Å². The molecule has 1 aliphatic carbocycles. The van der Waals surface area contributed by atoms with Crippen LogP contribution in [0.3, 0.4) is 0 Å². The van der Waals surface area contributed by atoms with Crippen molar-refractivity contribution in [2.45, 2.75) is 38.6 Å². The predicted octanol–water partition coefficient (Wildman–Crippen LogP) is 3.26. The molecule has 5 nitrogen and oxygen atoms in total. The lowest BCUT2D eigenvalue weighted by atomic mass is 9.86. The van der Waals surface area contributed by atoms with Gasteiger partial charge in [0, 0.05) is 6.04 Å². The third-order valence-corrected chi connectivity index (χ3v) is 4.23. The van der Waals surface area contributed by atoms with Gasteiger partial charge in [-0.2, -0.15) is 0 Å². The van der Waals surface area contributed by atoms with Crippen LogP contribution in [-0.2, 0) is 4.79 Å². The normalized spacial score (nSPS) is 20.7. The van der Waals surface area contributed by atoms with E-state index in [0.29, 0.717) is 5.92 Å². The summed E-state index contributed by atoms with van der Waals surface area (Å²) in [7, 11) is 0. The predicted molar refractivity (Wildman–Crippen MR) is 85.0 cm³/mol. The zero-order valence-electron chi connectivity index (χ0n) is 12.9. The van der Waals surface area contributed by atoms with Gasteiger partial charge in [0.05, 0.1) is 5.02 Å². The molecule has 0 radical (unpaired) electrons. The fourth-order valence-corrected chi connectivity index (χ4v) is 2.86. The average Bonchev–Trinajstić information content (AvgIpc) is 2.48. The Morgan fingerprint density at radius 1 is 1.35 bits per heavy atom. The highest BCUT2D eigenvalue weighted by atomic mass is 35.5. The van der Waals surface area contributed by atoms with Gasteiger partial charge in [-0.25, -0.2) is 9.18 Å². The molecule has 2 unspecified atom stereocenters. The summed E-state index contributed by atoms with van der Waals surface area (Å²) in [5.41, 5.74) is 0. The van der Waals surface area contributed by atoms with E-state index < -0.39 is 17.8 Å². The molecule has 1 aromatic rings. The molecular weight excluding hydrogens is 323 g/mol. The molecule has 2 N–H and O–H groups in total. The molecule has 1 aliphatic rings. The van der Waals surface area contributed by atoms with Crippen molar-refractivity contribution >= 4 is 23.5 Å². The van der Waals surface area contributed by atoms with Crippen LogP contribution in [0.4, 0.5) is 9.18 Å². The van der Waals surface area contributed by atoms with Crippen molar-refractivity contribution in [2.24, 2.45) is 5.92 Å². The van der Waals surface area contributed by atoms with E-state index in [0.717, 1.165) is 25.3 Å². The Hall–Kier alpha value is -1.82. The molecule has 2 atom stereocenters. The highest BCUT2D eigenvalue weighted by Gasteiger charge is 2.23. The van der Waals surface area contributed by atoms with Crippen molar-refractivity contribution in [3.63, 3.8) is 0 Å². The maximum Gasteiger partial charge on any atom is 0.321 e. The molecule has 23 heavy (non-hydrogen) atoms. The lowest BCUT2D eigenvalue weighted by Gasteiger charge is -2.29. The van der Waals surface area contributed by atoms with Gasteiger partial charge in [-0.05, 0) is 37.0 Å². The van der Waals surface area contributed by atoms with E-state index in [2.05, 4.69) is 17.6 Å². The quantitative estimate of drug-likeness (QED) is 0.882. The first-order valence-corrected chi connectivity index (χ1v) is 8.01. The van der Waals surface area contributed by atoms with Crippen LogP contribution < -0.4 is 15.4 Å². The summed E-state index contributed by atoms with van der Waals surface area (Å²) in [5, 5.41) is 5.10. The number of nitrogens with one attached hydrogen (secondary N) is 2. The van der Waals surface area contributed by atoms with E-state index in [1.165, 1.54) is 18.6 Å². The number of carbonyl (C=O) groups excluding carboxylic acids is 2. The third-order valence-electron chi connectivity index (χ3n) is 3.93. The van der Waals surface area contributed by atoms with Gasteiger partial charge in [0.1, 0.15) is 11.6 Å². The number of hydrogen-bond donors (Lipinski definition) is 2. The van der Waals surface area contributed by atoms with Crippen molar-refractivity contribution in [1.29, 1.82) is 0 Å². The number of imide groups is 1. The summed E-state index contributed by atoms with van der Waals surface area (Å²) in [5.74, 6) is -0.498. The summed E-state index contributed by atoms with van der Waals surface area (Å²) >= 11 is 5.79. The summed E-state index contributed by atoms with van der Waals surface area (Å²) < 4.78 is 18.1. The molecule has 0 bridgehead atoms. The van der Waals surface area contributed by atoms with Crippen LogP contribution in [0, 0.1) is 11.7 Å². The number of rotatable bonds is 4. The fraction of sp³-hybridized carbons (Fsp3) is 0.500. The third kappa shape index (κ3) is 5.39. The number of ether oxygens (including phenoxy) is 1. The zero-order valence-corrected chi connectivity index (χ0v) is 13.7.